The lowest BCUT2D eigenvalue weighted by atomic mass is 10.2. The molecule has 1 aromatic heterocycles. The number of aromatic nitrogens is 3. The van der Waals surface area contributed by atoms with Crippen molar-refractivity contribution in [1.29, 1.82) is 0 Å². The predicted molar refractivity (Wildman–Crippen MR) is 89.2 cm³/mol. The second kappa shape index (κ2) is 7.47. The first-order valence-corrected chi connectivity index (χ1v) is 8.14. The second-order valence-electron chi connectivity index (χ2n) is 4.67. The van der Waals surface area contributed by atoms with E-state index < -0.39 is 17.2 Å². The van der Waals surface area contributed by atoms with E-state index in [0.717, 1.165) is 5.56 Å². The Labute approximate surface area is 142 Å². The van der Waals surface area contributed by atoms with E-state index in [4.69, 9.17) is 17.3 Å². The highest BCUT2D eigenvalue weighted by molar-refractivity contribution is 8.00. The molecule has 2 rings (SSSR count). The van der Waals surface area contributed by atoms with Crippen LogP contribution in [0, 0.1) is 0 Å². The van der Waals surface area contributed by atoms with E-state index >= 15 is 0 Å². The molecule has 1 aromatic carbocycles. The van der Waals surface area contributed by atoms with Gasteiger partial charge in [0.15, 0.2) is 11.0 Å². The smallest absolute Gasteiger partial charge is 0.318 e. The molecule has 0 aliphatic rings. The molecule has 0 saturated heterocycles. The number of urea groups is 1. The third-order valence-corrected chi connectivity index (χ3v) is 4.37. The summed E-state index contributed by atoms with van der Waals surface area (Å²) in [5.41, 5.74) is 5.83. The summed E-state index contributed by atoms with van der Waals surface area (Å²) in [6, 6.07) is 6.40. The molecule has 9 heteroatoms. The first-order chi connectivity index (χ1) is 10.9. The Morgan fingerprint density at radius 2 is 2.00 bits per heavy atom. The van der Waals surface area contributed by atoms with Crippen molar-refractivity contribution in [2.75, 3.05) is 0 Å². The van der Waals surface area contributed by atoms with Gasteiger partial charge >= 0.3 is 6.03 Å². The zero-order valence-electron chi connectivity index (χ0n) is 12.6. The summed E-state index contributed by atoms with van der Waals surface area (Å²) in [5, 5.41) is 11.1. The maximum Gasteiger partial charge on any atom is 0.318 e. The minimum Gasteiger partial charge on any atom is -0.351 e. The molecule has 3 amide bonds. The van der Waals surface area contributed by atoms with Gasteiger partial charge in [-0.1, -0.05) is 23.4 Å². The highest BCUT2D eigenvalue weighted by Gasteiger charge is 2.21. The standard InChI is InChI=1S/C14H16ClN5O2S/c1-3-20-11(9-4-6-10(15)7-5-9)18-19-14(20)23-8(2)12(21)17-13(16)22/h4-8H,3H2,1-2H3,(H3,16,17,21,22)/t8-/m0/s1. The van der Waals surface area contributed by atoms with Crippen LogP contribution in [0.5, 0.6) is 0 Å². The van der Waals surface area contributed by atoms with Gasteiger partial charge in [-0.05, 0) is 38.1 Å². The summed E-state index contributed by atoms with van der Waals surface area (Å²) in [6.07, 6.45) is 0. The largest absolute Gasteiger partial charge is 0.351 e. The summed E-state index contributed by atoms with van der Waals surface area (Å²) in [6.45, 7) is 4.26. The van der Waals surface area contributed by atoms with Crippen molar-refractivity contribution in [2.45, 2.75) is 30.8 Å². The molecule has 0 saturated carbocycles. The van der Waals surface area contributed by atoms with Gasteiger partial charge in [-0.25, -0.2) is 4.79 Å². The highest BCUT2D eigenvalue weighted by Crippen LogP contribution is 2.27. The number of imide groups is 1. The average molecular weight is 354 g/mol. The monoisotopic (exact) mass is 353 g/mol. The van der Waals surface area contributed by atoms with Crippen molar-refractivity contribution < 1.29 is 9.59 Å². The van der Waals surface area contributed by atoms with Crippen LogP contribution in [0.1, 0.15) is 13.8 Å². The van der Waals surface area contributed by atoms with Gasteiger partial charge in [0.2, 0.25) is 5.91 Å². The summed E-state index contributed by atoms with van der Waals surface area (Å²) >= 11 is 7.10. The molecule has 0 unspecified atom stereocenters. The summed E-state index contributed by atoms with van der Waals surface area (Å²) < 4.78 is 1.89. The van der Waals surface area contributed by atoms with E-state index in [-0.39, 0.29) is 0 Å². The van der Waals surface area contributed by atoms with Gasteiger partial charge < -0.3 is 10.3 Å². The number of nitrogens with two attached hydrogens (primary N) is 1. The molecule has 0 radical (unpaired) electrons. The maximum atomic E-state index is 11.8. The molecule has 0 spiro atoms. The minimum absolute atomic E-state index is 0.471. The van der Waals surface area contributed by atoms with Crippen molar-refractivity contribution in [2.24, 2.45) is 5.73 Å². The van der Waals surface area contributed by atoms with Gasteiger partial charge in [-0.3, -0.25) is 10.1 Å². The number of carbonyl (C=O) groups is 2. The van der Waals surface area contributed by atoms with Gasteiger partial charge in [-0.15, -0.1) is 10.2 Å². The van der Waals surface area contributed by atoms with Crippen LogP contribution in [0.4, 0.5) is 4.79 Å². The predicted octanol–water partition coefficient (Wildman–Crippen LogP) is 2.29. The number of hydrogen-bond acceptors (Lipinski definition) is 5. The van der Waals surface area contributed by atoms with E-state index in [2.05, 4.69) is 15.5 Å². The Balaban J connectivity index is 2.22. The molecule has 0 fully saturated rings. The van der Waals surface area contributed by atoms with Crippen molar-refractivity contribution >= 4 is 35.3 Å². The van der Waals surface area contributed by atoms with E-state index in [9.17, 15) is 9.59 Å². The third kappa shape index (κ3) is 4.23. The first kappa shape index (κ1) is 17.3. The third-order valence-electron chi connectivity index (χ3n) is 3.03. The normalized spacial score (nSPS) is 12.0. The fourth-order valence-corrected chi connectivity index (χ4v) is 2.95. The van der Waals surface area contributed by atoms with Crippen LogP contribution in [-0.4, -0.2) is 32.0 Å². The Morgan fingerprint density at radius 3 is 2.57 bits per heavy atom. The second-order valence-corrected chi connectivity index (χ2v) is 6.42. The molecule has 1 atom stereocenters. The summed E-state index contributed by atoms with van der Waals surface area (Å²) in [4.78, 5) is 22.5. The van der Waals surface area contributed by atoms with Crippen molar-refractivity contribution in [3.8, 4) is 11.4 Å². The first-order valence-electron chi connectivity index (χ1n) is 6.88. The number of carbonyl (C=O) groups excluding carboxylic acids is 2. The topological polar surface area (TPSA) is 103 Å². The van der Waals surface area contributed by atoms with E-state index in [1.165, 1.54) is 11.8 Å². The lowest BCUT2D eigenvalue weighted by molar-refractivity contribution is -0.119. The number of nitrogens with zero attached hydrogens (tertiary/aromatic N) is 3. The van der Waals surface area contributed by atoms with Crippen LogP contribution < -0.4 is 11.1 Å². The zero-order valence-corrected chi connectivity index (χ0v) is 14.2. The molecule has 1 heterocycles. The zero-order chi connectivity index (χ0) is 17.0. The molecule has 23 heavy (non-hydrogen) atoms. The molecule has 0 bridgehead atoms. The lowest BCUT2D eigenvalue weighted by Gasteiger charge is -2.11. The fraction of sp³-hybridized carbons (Fsp3) is 0.286. The number of nitrogens with one attached hydrogen (secondary N) is 1. The quantitative estimate of drug-likeness (QED) is 0.803. The molecule has 0 aliphatic carbocycles. The Morgan fingerprint density at radius 1 is 1.35 bits per heavy atom. The molecular formula is C14H16ClN5O2S. The number of thioether (sulfide) groups is 1. The van der Waals surface area contributed by atoms with E-state index in [1.807, 2.05) is 23.6 Å². The van der Waals surface area contributed by atoms with Crippen molar-refractivity contribution in [3.63, 3.8) is 0 Å². The van der Waals surface area contributed by atoms with Gasteiger partial charge in [-0.2, -0.15) is 0 Å². The number of rotatable bonds is 5. The average Bonchev–Trinajstić information content (AvgIpc) is 2.89. The van der Waals surface area contributed by atoms with Crippen LogP contribution in [0.15, 0.2) is 29.4 Å². The Kier molecular flexibility index (Phi) is 5.62. The van der Waals surface area contributed by atoms with Crippen LogP contribution >= 0.6 is 23.4 Å². The minimum atomic E-state index is -0.874. The van der Waals surface area contributed by atoms with Gasteiger partial charge in [0.1, 0.15) is 0 Å². The Hall–Kier alpha value is -2.06. The highest BCUT2D eigenvalue weighted by atomic mass is 35.5. The SMILES string of the molecule is CCn1c(S[C@@H](C)C(=O)NC(N)=O)nnc1-c1ccc(Cl)cc1. The lowest BCUT2D eigenvalue weighted by Crippen LogP contribution is -2.39. The van der Waals surface area contributed by atoms with Crippen LogP contribution in [0.2, 0.25) is 5.02 Å². The Bertz CT molecular complexity index is 716. The molecule has 0 aliphatic heterocycles. The number of hydrogen-bond donors (Lipinski definition) is 2. The number of amides is 3. The molecule has 7 nitrogen and oxygen atoms in total. The van der Waals surface area contributed by atoms with Gasteiger partial charge in [0.25, 0.3) is 0 Å². The molecular weight excluding hydrogens is 338 g/mol. The fourth-order valence-electron chi connectivity index (χ4n) is 1.91. The maximum absolute atomic E-state index is 11.8. The van der Waals surface area contributed by atoms with Gasteiger partial charge in [0.05, 0.1) is 5.25 Å². The summed E-state index contributed by atoms with van der Waals surface area (Å²) in [5.74, 6) is 0.218. The number of halogens is 1. The van der Waals surface area contributed by atoms with Crippen LogP contribution in [0.3, 0.4) is 0 Å². The van der Waals surface area contributed by atoms with Crippen LogP contribution in [-0.2, 0) is 11.3 Å². The van der Waals surface area contributed by atoms with Crippen molar-refractivity contribution in [1.82, 2.24) is 20.1 Å². The van der Waals surface area contributed by atoms with Crippen LogP contribution in [0.25, 0.3) is 11.4 Å². The van der Waals surface area contributed by atoms with E-state index in [0.29, 0.717) is 22.5 Å². The summed E-state index contributed by atoms with van der Waals surface area (Å²) in [7, 11) is 0. The number of primary amides is 1. The molecule has 122 valence electrons. The molecule has 2 aromatic rings. The van der Waals surface area contributed by atoms with E-state index in [1.54, 1.807) is 19.1 Å². The number of benzene rings is 1. The van der Waals surface area contributed by atoms with Crippen molar-refractivity contribution in [3.05, 3.63) is 29.3 Å². The molecule has 3 N–H and O–H groups in total. The van der Waals surface area contributed by atoms with Gasteiger partial charge in [0, 0.05) is 17.1 Å².